The summed E-state index contributed by atoms with van der Waals surface area (Å²) in [5.74, 6) is -0.0726. The zero-order valence-electron chi connectivity index (χ0n) is 17.6. The van der Waals surface area contributed by atoms with Crippen LogP contribution in [0, 0.1) is 12.7 Å². The van der Waals surface area contributed by atoms with Crippen LogP contribution in [0.25, 0.3) is 0 Å². The lowest BCUT2D eigenvalue weighted by atomic mass is 9.96. The van der Waals surface area contributed by atoms with Crippen molar-refractivity contribution in [1.29, 1.82) is 0 Å². The third kappa shape index (κ3) is 5.02. The van der Waals surface area contributed by atoms with Crippen molar-refractivity contribution >= 4 is 11.3 Å². The molecule has 2 aliphatic rings. The van der Waals surface area contributed by atoms with Crippen LogP contribution >= 0.6 is 11.3 Å². The normalized spacial score (nSPS) is 24.0. The molecule has 4 rings (SSSR count). The Kier molecular flexibility index (Phi) is 7.03. The van der Waals surface area contributed by atoms with Gasteiger partial charge in [0.1, 0.15) is 10.6 Å². The van der Waals surface area contributed by atoms with E-state index in [0.29, 0.717) is 25.5 Å². The molecule has 1 aromatic carbocycles. The molecule has 1 aromatic heterocycles. The third-order valence-corrected chi connectivity index (χ3v) is 7.68. The molecule has 2 aromatic rings. The summed E-state index contributed by atoms with van der Waals surface area (Å²) in [7, 11) is 0. The average Bonchev–Trinajstić information content (AvgIpc) is 3.01. The number of likely N-dealkylation sites (tertiary alicyclic amines) is 1. The number of aromatic nitrogens is 1. The fraction of sp³-hybridized carbons (Fsp3) is 0.609. The van der Waals surface area contributed by atoms with E-state index in [1.807, 2.05) is 6.92 Å². The molecule has 7 heteroatoms. The first-order valence-corrected chi connectivity index (χ1v) is 11.7. The summed E-state index contributed by atoms with van der Waals surface area (Å²) in [4.78, 5) is 8.36. The summed E-state index contributed by atoms with van der Waals surface area (Å²) < 4.78 is 24.8. The lowest BCUT2D eigenvalue weighted by Gasteiger charge is -2.33. The van der Waals surface area contributed by atoms with Crippen LogP contribution in [0.5, 0.6) is 5.75 Å². The van der Waals surface area contributed by atoms with Gasteiger partial charge in [-0.25, -0.2) is 9.37 Å². The zero-order chi connectivity index (χ0) is 21.0. The first kappa shape index (κ1) is 21.7. The molecule has 30 heavy (non-hydrogen) atoms. The van der Waals surface area contributed by atoms with E-state index in [1.54, 1.807) is 29.5 Å². The molecule has 164 valence electrons. The molecule has 1 atom stereocenters. The van der Waals surface area contributed by atoms with Crippen LogP contribution in [0.3, 0.4) is 0 Å². The van der Waals surface area contributed by atoms with Gasteiger partial charge in [-0.05, 0) is 57.7 Å². The lowest BCUT2D eigenvalue weighted by Crippen LogP contribution is -2.40. The van der Waals surface area contributed by atoms with Gasteiger partial charge in [-0.1, -0.05) is 12.1 Å². The van der Waals surface area contributed by atoms with Crippen LogP contribution in [-0.2, 0) is 16.8 Å². The van der Waals surface area contributed by atoms with Gasteiger partial charge >= 0.3 is 0 Å². The second-order valence-corrected chi connectivity index (χ2v) is 9.40. The van der Waals surface area contributed by atoms with Crippen molar-refractivity contribution in [1.82, 2.24) is 9.88 Å². The molecule has 0 amide bonds. The quantitative estimate of drug-likeness (QED) is 0.743. The summed E-state index contributed by atoms with van der Waals surface area (Å²) in [6, 6.07) is 7.03. The largest absolute Gasteiger partial charge is 0.490 e. The van der Waals surface area contributed by atoms with Crippen LogP contribution in [0.1, 0.15) is 47.7 Å². The van der Waals surface area contributed by atoms with Crippen molar-refractivity contribution in [3.63, 3.8) is 0 Å². The summed E-state index contributed by atoms with van der Waals surface area (Å²) in [6.45, 7) is 5.98. The number of aryl methyl sites for hydroxylation is 1. The molecule has 0 saturated carbocycles. The Morgan fingerprint density at radius 1 is 1.27 bits per heavy atom. The minimum Gasteiger partial charge on any atom is -0.490 e. The van der Waals surface area contributed by atoms with Crippen LogP contribution in [0.15, 0.2) is 24.3 Å². The van der Waals surface area contributed by atoms with Gasteiger partial charge in [0.15, 0.2) is 11.6 Å². The number of ether oxygens (including phenoxy) is 2. The van der Waals surface area contributed by atoms with E-state index in [9.17, 15) is 9.50 Å². The van der Waals surface area contributed by atoms with Gasteiger partial charge in [0.2, 0.25) is 0 Å². The fourth-order valence-corrected chi connectivity index (χ4v) is 5.63. The molecule has 1 N–H and O–H groups in total. The highest BCUT2D eigenvalue weighted by Gasteiger charge is 2.37. The van der Waals surface area contributed by atoms with Gasteiger partial charge < -0.3 is 19.5 Å². The molecule has 0 unspecified atom stereocenters. The van der Waals surface area contributed by atoms with Crippen LogP contribution in [0.2, 0.25) is 0 Å². The van der Waals surface area contributed by atoms with E-state index >= 15 is 0 Å². The number of thiazole rings is 1. The van der Waals surface area contributed by atoms with Crippen molar-refractivity contribution < 1.29 is 19.0 Å². The number of nitrogens with zero attached hydrogens (tertiary/aromatic N) is 2. The number of benzene rings is 1. The van der Waals surface area contributed by atoms with Crippen molar-refractivity contribution in [2.75, 3.05) is 32.9 Å². The minimum absolute atomic E-state index is 0.274. The monoisotopic (exact) mass is 434 g/mol. The maximum Gasteiger partial charge on any atom is 0.165 e. The molecule has 0 bridgehead atoms. The van der Waals surface area contributed by atoms with Gasteiger partial charge in [0, 0.05) is 37.1 Å². The molecule has 0 aliphatic carbocycles. The average molecular weight is 435 g/mol. The number of hydrogen-bond acceptors (Lipinski definition) is 6. The highest BCUT2D eigenvalue weighted by molar-refractivity contribution is 7.11. The number of para-hydroxylation sites is 1. The van der Waals surface area contributed by atoms with Gasteiger partial charge in [-0.2, -0.15) is 0 Å². The Labute approximate surface area is 181 Å². The second kappa shape index (κ2) is 9.73. The minimum atomic E-state index is -0.861. The highest BCUT2D eigenvalue weighted by atomic mass is 32.1. The number of rotatable bonds is 6. The van der Waals surface area contributed by atoms with E-state index < -0.39 is 5.60 Å². The Morgan fingerprint density at radius 3 is 2.87 bits per heavy atom. The predicted octanol–water partition coefficient (Wildman–Crippen LogP) is 4.06. The topological polar surface area (TPSA) is 54.8 Å². The molecule has 3 heterocycles. The molecule has 2 aliphatic heterocycles. The molecule has 5 nitrogen and oxygen atoms in total. The van der Waals surface area contributed by atoms with E-state index in [4.69, 9.17) is 14.5 Å². The fourth-order valence-electron chi connectivity index (χ4n) is 4.44. The van der Waals surface area contributed by atoms with Gasteiger partial charge in [-0.15, -0.1) is 11.3 Å². The maximum atomic E-state index is 13.7. The number of hydrogen-bond donors (Lipinski definition) is 1. The van der Waals surface area contributed by atoms with Crippen LogP contribution in [0.4, 0.5) is 4.39 Å². The van der Waals surface area contributed by atoms with Crippen LogP contribution in [-0.4, -0.2) is 53.9 Å². The Balaban J connectivity index is 1.37. The van der Waals surface area contributed by atoms with Gasteiger partial charge in [0.05, 0.1) is 12.3 Å². The van der Waals surface area contributed by atoms with Crippen molar-refractivity contribution in [2.24, 2.45) is 0 Å². The molecular weight excluding hydrogens is 403 g/mol. The van der Waals surface area contributed by atoms with Crippen molar-refractivity contribution in [2.45, 2.75) is 57.1 Å². The third-order valence-electron chi connectivity index (χ3n) is 6.27. The Bertz CT molecular complexity index is 840. The summed E-state index contributed by atoms with van der Waals surface area (Å²) in [6.07, 6.45) is 5.25. The van der Waals surface area contributed by atoms with Crippen molar-refractivity contribution in [3.05, 3.63) is 45.7 Å². The maximum absolute atomic E-state index is 13.7. The van der Waals surface area contributed by atoms with E-state index in [-0.39, 0.29) is 11.6 Å². The van der Waals surface area contributed by atoms with Gasteiger partial charge in [0.25, 0.3) is 0 Å². The lowest BCUT2D eigenvalue weighted by molar-refractivity contribution is 0.0112. The first-order valence-electron chi connectivity index (χ1n) is 10.9. The second-order valence-electron chi connectivity index (χ2n) is 8.32. The zero-order valence-corrected chi connectivity index (χ0v) is 18.4. The van der Waals surface area contributed by atoms with Gasteiger partial charge in [-0.3, -0.25) is 0 Å². The molecule has 0 spiro atoms. The Hall–Kier alpha value is -1.54. The standard InChI is InChI=1S/C23H31FN2O3S/c1-17-21(9-16-29-20-6-3-2-5-19(20)24)30-22(25-17)23(27)10-4-12-26(13-11-23)18-7-14-28-15-8-18/h2-3,5-6,18,27H,4,7-16H2,1H3/t23-/m1/s1. The smallest absolute Gasteiger partial charge is 0.165 e. The highest BCUT2D eigenvalue weighted by Crippen LogP contribution is 2.37. The first-order chi connectivity index (χ1) is 14.5. The van der Waals surface area contributed by atoms with E-state index in [0.717, 1.165) is 67.6 Å². The SMILES string of the molecule is Cc1nc([C@@]2(O)CCCN(C3CCOCC3)CC2)sc1CCOc1ccccc1F. The summed E-state index contributed by atoms with van der Waals surface area (Å²) in [5, 5.41) is 12.2. The molecule has 2 saturated heterocycles. The molecule has 2 fully saturated rings. The van der Waals surface area contributed by atoms with E-state index in [2.05, 4.69) is 4.90 Å². The van der Waals surface area contributed by atoms with Crippen molar-refractivity contribution in [3.8, 4) is 5.75 Å². The molecular formula is C23H31FN2O3S. The van der Waals surface area contributed by atoms with Crippen LogP contribution < -0.4 is 4.74 Å². The summed E-state index contributed by atoms with van der Waals surface area (Å²) >= 11 is 1.58. The number of halogens is 1. The van der Waals surface area contributed by atoms with E-state index in [1.165, 1.54) is 6.07 Å². The molecule has 0 radical (unpaired) electrons. The Morgan fingerprint density at radius 2 is 2.07 bits per heavy atom. The predicted molar refractivity (Wildman–Crippen MR) is 116 cm³/mol. The number of aliphatic hydroxyl groups is 1. The summed E-state index contributed by atoms with van der Waals surface area (Å²) in [5.41, 5.74) is 0.0751.